The van der Waals surface area contributed by atoms with E-state index in [0.29, 0.717) is 26.1 Å². The highest BCUT2D eigenvalue weighted by Gasteiger charge is 2.42. The number of amides is 1. The number of hydrogen-bond acceptors (Lipinski definition) is 5. The molecule has 1 aromatic carbocycles. The Balaban J connectivity index is 1.84. The summed E-state index contributed by atoms with van der Waals surface area (Å²) in [5, 5.41) is 13.2. The lowest BCUT2D eigenvalue weighted by atomic mass is 9.77. The summed E-state index contributed by atoms with van der Waals surface area (Å²) in [5.41, 5.74) is -1.48. The minimum atomic E-state index is -0.960. The lowest BCUT2D eigenvalue weighted by Gasteiger charge is -2.42. The summed E-state index contributed by atoms with van der Waals surface area (Å²) in [6.45, 7) is 7.54. The minimum Gasteiger partial charge on any atom is -0.444 e. The number of piperidine rings is 1. The molecule has 1 aliphatic rings. The van der Waals surface area contributed by atoms with E-state index in [4.69, 9.17) is 9.47 Å². The van der Waals surface area contributed by atoms with Gasteiger partial charge in [-0.15, -0.1) is 11.3 Å². The standard InChI is InChI=1S/C24H35NO4S/c1-23(2,3)29-22(26)25-14-9-11-19(17-25)24(27,13-7-8-15-28-4)21-16-18-10-5-6-12-20(18)30-21/h5-6,10,12,16,19,27H,7-9,11,13-15,17H2,1-4H3. The van der Waals surface area contributed by atoms with Crippen LogP contribution in [0.4, 0.5) is 4.79 Å². The fraction of sp³-hybridized carbons (Fsp3) is 0.625. The number of likely N-dealkylation sites (tertiary alicyclic amines) is 1. The largest absolute Gasteiger partial charge is 0.444 e. The zero-order valence-electron chi connectivity index (χ0n) is 18.6. The summed E-state index contributed by atoms with van der Waals surface area (Å²) in [6.07, 6.45) is 3.93. The highest BCUT2D eigenvalue weighted by Crippen LogP contribution is 2.44. The second kappa shape index (κ2) is 9.67. The smallest absolute Gasteiger partial charge is 0.410 e. The first-order valence-corrected chi connectivity index (χ1v) is 11.7. The normalized spacial score (nSPS) is 19.6. The molecule has 1 N–H and O–H groups in total. The number of fused-ring (bicyclic) bond motifs is 1. The van der Waals surface area contributed by atoms with Crippen LogP contribution in [0.1, 0.15) is 57.8 Å². The van der Waals surface area contributed by atoms with Crippen LogP contribution in [0.15, 0.2) is 30.3 Å². The van der Waals surface area contributed by atoms with Gasteiger partial charge in [-0.05, 0) is 70.4 Å². The molecule has 0 spiro atoms. The molecule has 0 saturated carbocycles. The van der Waals surface area contributed by atoms with Gasteiger partial charge in [0.1, 0.15) is 11.2 Å². The van der Waals surface area contributed by atoms with Gasteiger partial charge in [0.05, 0.1) is 0 Å². The van der Waals surface area contributed by atoms with E-state index in [1.54, 1.807) is 23.3 Å². The highest BCUT2D eigenvalue weighted by molar-refractivity contribution is 7.19. The van der Waals surface area contributed by atoms with Crippen LogP contribution in [0, 0.1) is 5.92 Å². The number of benzene rings is 1. The fourth-order valence-corrected chi connectivity index (χ4v) is 5.48. The van der Waals surface area contributed by atoms with Crippen molar-refractivity contribution in [2.45, 2.75) is 64.1 Å². The molecule has 2 heterocycles. The molecular weight excluding hydrogens is 398 g/mol. The Morgan fingerprint density at radius 2 is 2.03 bits per heavy atom. The minimum absolute atomic E-state index is 0.0191. The van der Waals surface area contributed by atoms with Crippen LogP contribution in [-0.4, -0.2) is 48.5 Å². The average molecular weight is 434 g/mol. The highest BCUT2D eigenvalue weighted by atomic mass is 32.1. The van der Waals surface area contributed by atoms with Crippen molar-refractivity contribution < 1.29 is 19.4 Å². The van der Waals surface area contributed by atoms with E-state index in [1.807, 2.05) is 32.9 Å². The molecule has 0 aliphatic carbocycles. The van der Waals surface area contributed by atoms with Crippen molar-refractivity contribution in [3.05, 3.63) is 35.2 Å². The number of nitrogens with zero attached hydrogens (tertiary/aromatic N) is 1. The summed E-state index contributed by atoms with van der Waals surface area (Å²) in [7, 11) is 1.71. The summed E-state index contributed by atoms with van der Waals surface area (Å²) in [4.78, 5) is 15.4. The summed E-state index contributed by atoms with van der Waals surface area (Å²) >= 11 is 1.67. The first kappa shape index (κ1) is 23.0. The van der Waals surface area contributed by atoms with Gasteiger partial charge in [-0.1, -0.05) is 18.2 Å². The van der Waals surface area contributed by atoms with Gasteiger partial charge < -0.3 is 19.5 Å². The molecule has 0 radical (unpaired) electrons. The van der Waals surface area contributed by atoms with Crippen molar-refractivity contribution in [1.29, 1.82) is 0 Å². The van der Waals surface area contributed by atoms with Crippen LogP contribution in [0.5, 0.6) is 0 Å². The molecule has 1 aliphatic heterocycles. The fourth-order valence-electron chi connectivity index (χ4n) is 4.22. The quantitative estimate of drug-likeness (QED) is 0.581. The first-order chi connectivity index (χ1) is 14.2. The summed E-state index contributed by atoms with van der Waals surface area (Å²) < 4.78 is 12.0. The molecule has 1 fully saturated rings. The van der Waals surface area contributed by atoms with Gasteiger partial charge in [-0.3, -0.25) is 0 Å². The summed E-state index contributed by atoms with van der Waals surface area (Å²) in [6, 6.07) is 10.4. The molecule has 1 aromatic heterocycles. The van der Waals surface area contributed by atoms with Crippen LogP contribution in [0.2, 0.25) is 0 Å². The van der Waals surface area contributed by atoms with Crippen molar-refractivity contribution in [3.63, 3.8) is 0 Å². The van der Waals surface area contributed by atoms with E-state index in [2.05, 4.69) is 18.2 Å². The molecule has 5 nitrogen and oxygen atoms in total. The third-order valence-corrected chi connectivity index (χ3v) is 7.04. The van der Waals surface area contributed by atoms with Crippen LogP contribution in [0.3, 0.4) is 0 Å². The Morgan fingerprint density at radius 1 is 1.27 bits per heavy atom. The number of hydrogen-bond donors (Lipinski definition) is 1. The zero-order valence-corrected chi connectivity index (χ0v) is 19.5. The average Bonchev–Trinajstić information content (AvgIpc) is 3.15. The Hall–Kier alpha value is -1.63. The van der Waals surface area contributed by atoms with Crippen LogP contribution < -0.4 is 0 Å². The van der Waals surface area contributed by atoms with Crippen molar-refractivity contribution in [2.24, 2.45) is 5.92 Å². The van der Waals surface area contributed by atoms with Gasteiger partial charge >= 0.3 is 6.09 Å². The maximum atomic E-state index is 12.7. The van der Waals surface area contributed by atoms with Crippen molar-refractivity contribution >= 4 is 27.5 Å². The molecule has 2 unspecified atom stereocenters. The van der Waals surface area contributed by atoms with Gasteiger partial charge in [-0.25, -0.2) is 4.79 Å². The SMILES string of the molecule is COCCCCC(O)(c1cc2ccccc2s1)C1CCCN(C(=O)OC(C)(C)C)C1. The van der Waals surface area contributed by atoms with E-state index in [9.17, 15) is 9.90 Å². The van der Waals surface area contributed by atoms with E-state index >= 15 is 0 Å². The predicted molar refractivity (Wildman–Crippen MR) is 122 cm³/mol. The lowest BCUT2D eigenvalue weighted by molar-refractivity contribution is -0.0617. The molecule has 3 rings (SSSR count). The third kappa shape index (κ3) is 5.54. The predicted octanol–water partition coefficient (Wildman–Crippen LogP) is 5.55. The Bertz CT molecular complexity index is 810. The van der Waals surface area contributed by atoms with Crippen molar-refractivity contribution in [3.8, 4) is 0 Å². The monoisotopic (exact) mass is 433 g/mol. The number of ether oxygens (including phenoxy) is 2. The Kier molecular flexibility index (Phi) is 7.43. The Labute approximate surface area is 184 Å². The molecule has 1 saturated heterocycles. The third-order valence-electron chi connectivity index (χ3n) is 5.76. The second-order valence-corrected chi connectivity index (χ2v) is 10.4. The number of aliphatic hydroxyl groups is 1. The van der Waals surface area contributed by atoms with Gasteiger partial charge in [0.2, 0.25) is 0 Å². The molecule has 0 bridgehead atoms. The van der Waals surface area contributed by atoms with E-state index in [-0.39, 0.29) is 12.0 Å². The van der Waals surface area contributed by atoms with Crippen molar-refractivity contribution in [1.82, 2.24) is 4.90 Å². The molecule has 166 valence electrons. The second-order valence-electron chi connectivity index (χ2n) is 9.29. The van der Waals surface area contributed by atoms with Gasteiger partial charge in [0.25, 0.3) is 0 Å². The molecule has 6 heteroatoms. The van der Waals surface area contributed by atoms with Gasteiger partial charge in [0, 0.05) is 42.3 Å². The summed E-state index contributed by atoms with van der Waals surface area (Å²) in [5.74, 6) is -0.0191. The molecule has 30 heavy (non-hydrogen) atoms. The molecule has 2 aromatic rings. The number of carbonyl (C=O) groups excluding carboxylic acids is 1. The van der Waals surface area contributed by atoms with Crippen molar-refractivity contribution in [2.75, 3.05) is 26.8 Å². The zero-order chi connectivity index (χ0) is 21.8. The number of carbonyl (C=O) groups is 1. The van der Waals surface area contributed by atoms with E-state index in [1.165, 1.54) is 4.70 Å². The molecule has 1 amide bonds. The van der Waals surface area contributed by atoms with Gasteiger partial charge in [-0.2, -0.15) is 0 Å². The Morgan fingerprint density at radius 3 is 2.73 bits per heavy atom. The first-order valence-electron chi connectivity index (χ1n) is 10.9. The van der Waals surface area contributed by atoms with E-state index in [0.717, 1.165) is 35.9 Å². The number of unbranched alkanes of at least 4 members (excludes halogenated alkanes) is 1. The topological polar surface area (TPSA) is 59.0 Å². The van der Waals surface area contributed by atoms with Crippen LogP contribution in [-0.2, 0) is 15.1 Å². The molecule has 2 atom stereocenters. The lowest BCUT2D eigenvalue weighted by Crippen LogP contribution is -2.49. The van der Waals surface area contributed by atoms with Crippen LogP contribution in [0.25, 0.3) is 10.1 Å². The maximum absolute atomic E-state index is 12.7. The number of thiophene rings is 1. The van der Waals surface area contributed by atoms with Gasteiger partial charge in [0.15, 0.2) is 0 Å². The molecular formula is C24H35NO4S. The maximum Gasteiger partial charge on any atom is 0.410 e. The van der Waals surface area contributed by atoms with Crippen LogP contribution >= 0.6 is 11.3 Å². The number of methoxy groups -OCH3 is 1. The number of rotatable bonds is 7. The van der Waals surface area contributed by atoms with E-state index < -0.39 is 11.2 Å².